The molecule has 0 fully saturated rings. The Morgan fingerprint density at radius 2 is 2.05 bits per heavy atom. The molecule has 7 nitrogen and oxygen atoms in total. The van der Waals surface area contributed by atoms with E-state index in [9.17, 15) is 15.2 Å². The largest absolute Gasteiger partial charge is 0.507 e. The molecule has 0 aliphatic heterocycles. The number of hydrogen-bond acceptors (Lipinski definition) is 6. The van der Waals surface area contributed by atoms with Gasteiger partial charge in [-0.15, -0.1) is 0 Å². The Bertz CT molecular complexity index is 899. The average molecular weight is 297 g/mol. The number of aryl methyl sites for hydroxylation is 1. The standard InChI is InChI=1S/C15H11N3O4/c1-9-6-14(17-22-9)16-8-10-7-13(18(20)21)11-4-2-3-5-12(11)15(10)19/h2-8,19H,1H3. The predicted octanol–water partition coefficient (Wildman–Crippen LogP) is 3.50. The van der Waals surface area contributed by atoms with E-state index in [-0.39, 0.29) is 17.0 Å². The molecule has 1 aromatic heterocycles. The molecular weight excluding hydrogens is 286 g/mol. The number of phenolic OH excluding ortho intramolecular Hbond substituents is 1. The van der Waals surface area contributed by atoms with Gasteiger partial charge in [-0.25, -0.2) is 4.99 Å². The first-order valence-corrected chi connectivity index (χ1v) is 6.43. The van der Waals surface area contributed by atoms with Gasteiger partial charge in [-0.05, 0) is 13.0 Å². The van der Waals surface area contributed by atoms with Crippen molar-refractivity contribution in [3.8, 4) is 5.75 Å². The third-order valence-corrected chi connectivity index (χ3v) is 3.17. The second-order valence-electron chi connectivity index (χ2n) is 4.69. The fourth-order valence-electron chi connectivity index (χ4n) is 2.16. The summed E-state index contributed by atoms with van der Waals surface area (Å²) in [4.78, 5) is 14.8. The molecule has 0 saturated heterocycles. The Balaban J connectivity index is 2.15. The quantitative estimate of drug-likeness (QED) is 0.453. The lowest BCUT2D eigenvalue weighted by Crippen LogP contribution is -1.93. The summed E-state index contributed by atoms with van der Waals surface area (Å²) in [6, 6.07) is 9.50. The van der Waals surface area contributed by atoms with Crippen molar-refractivity contribution in [2.45, 2.75) is 6.92 Å². The van der Waals surface area contributed by atoms with E-state index < -0.39 is 4.92 Å². The summed E-state index contributed by atoms with van der Waals surface area (Å²) in [5.41, 5.74) is 0.150. The van der Waals surface area contributed by atoms with Gasteiger partial charge in [0, 0.05) is 29.3 Å². The van der Waals surface area contributed by atoms with Crippen LogP contribution in [0, 0.1) is 17.0 Å². The van der Waals surface area contributed by atoms with Crippen LogP contribution in [0.3, 0.4) is 0 Å². The lowest BCUT2D eigenvalue weighted by Gasteiger charge is -2.05. The molecule has 0 amide bonds. The van der Waals surface area contributed by atoms with E-state index in [0.717, 1.165) is 0 Å². The number of rotatable bonds is 3. The van der Waals surface area contributed by atoms with E-state index in [0.29, 0.717) is 22.4 Å². The minimum atomic E-state index is -0.487. The number of nitro benzene ring substituents is 1. The van der Waals surface area contributed by atoms with Gasteiger partial charge in [0.25, 0.3) is 5.69 Å². The molecule has 3 rings (SSSR count). The van der Waals surface area contributed by atoms with E-state index in [4.69, 9.17) is 4.52 Å². The fraction of sp³-hybridized carbons (Fsp3) is 0.0667. The van der Waals surface area contributed by atoms with Gasteiger partial charge in [0.05, 0.1) is 10.3 Å². The highest BCUT2D eigenvalue weighted by molar-refractivity contribution is 6.02. The first-order valence-electron chi connectivity index (χ1n) is 6.43. The van der Waals surface area contributed by atoms with Crippen molar-refractivity contribution in [3.05, 3.63) is 57.8 Å². The Labute approximate surface area is 124 Å². The van der Waals surface area contributed by atoms with E-state index in [2.05, 4.69) is 10.1 Å². The smallest absolute Gasteiger partial charge is 0.278 e. The molecule has 0 aliphatic carbocycles. The molecule has 7 heteroatoms. The SMILES string of the molecule is Cc1cc(N=Cc2cc([N+](=O)[O-])c3ccccc3c2O)no1. The lowest BCUT2D eigenvalue weighted by molar-refractivity contribution is -0.383. The minimum Gasteiger partial charge on any atom is -0.507 e. The molecule has 0 bridgehead atoms. The number of hydrogen-bond donors (Lipinski definition) is 1. The molecule has 110 valence electrons. The maximum absolute atomic E-state index is 11.2. The van der Waals surface area contributed by atoms with Crippen LogP contribution in [0.1, 0.15) is 11.3 Å². The van der Waals surface area contributed by atoms with Crippen LogP contribution in [0.15, 0.2) is 45.9 Å². The molecule has 1 heterocycles. The van der Waals surface area contributed by atoms with Crippen LogP contribution in [0.5, 0.6) is 5.75 Å². The maximum atomic E-state index is 11.2. The van der Waals surface area contributed by atoms with Crippen LogP contribution in [0.4, 0.5) is 11.5 Å². The van der Waals surface area contributed by atoms with Crippen molar-refractivity contribution >= 4 is 28.5 Å². The zero-order chi connectivity index (χ0) is 15.7. The molecule has 1 N–H and O–H groups in total. The molecular formula is C15H11N3O4. The van der Waals surface area contributed by atoms with Gasteiger partial charge in [-0.2, -0.15) is 0 Å². The molecule has 3 aromatic rings. The van der Waals surface area contributed by atoms with Crippen LogP contribution in [-0.2, 0) is 0 Å². The second kappa shape index (κ2) is 5.28. The van der Waals surface area contributed by atoms with Gasteiger partial charge < -0.3 is 9.63 Å². The molecule has 0 unspecified atom stereocenters. The van der Waals surface area contributed by atoms with Crippen molar-refractivity contribution in [3.63, 3.8) is 0 Å². The molecule has 0 aliphatic rings. The van der Waals surface area contributed by atoms with Crippen LogP contribution in [0.2, 0.25) is 0 Å². The van der Waals surface area contributed by atoms with Crippen molar-refractivity contribution in [2.75, 3.05) is 0 Å². The third-order valence-electron chi connectivity index (χ3n) is 3.17. The van der Waals surface area contributed by atoms with E-state index in [1.165, 1.54) is 12.3 Å². The molecule has 0 spiro atoms. The predicted molar refractivity (Wildman–Crippen MR) is 80.8 cm³/mol. The van der Waals surface area contributed by atoms with Crippen LogP contribution in [0.25, 0.3) is 10.8 Å². The summed E-state index contributed by atoms with van der Waals surface area (Å²) in [5, 5.41) is 26.0. The molecule has 22 heavy (non-hydrogen) atoms. The Morgan fingerprint density at radius 1 is 1.32 bits per heavy atom. The van der Waals surface area contributed by atoms with Gasteiger partial charge in [0.2, 0.25) is 0 Å². The van der Waals surface area contributed by atoms with Crippen LogP contribution >= 0.6 is 0 Å². The summed E-state index contributed by atoms with van der Waals surface area (Å²) in [5.74, 6) is 0.860. The Hall–Kier alpha value is -3.22. The van der Waals surface area contributed by atoms with Gasteiger partial charge in [0.15, 0.2) is 5.82 Å². The van der Waals surface area contributed by atoms with Gasteiger partial charge in [0.1, 0.15) is 11.5 Å². The highest BCUT2D eigenvalue weighted by Gasteiger charge is 2.17. The Morgan fingerprint density at radius 3 is 2.68 bits per heavy atom. The average Bonchev–Trinajstić information content (AvgIpc) is 2.92. The van der Waals surface area contributed by atoms with Crippen molar-refractivity contribution in [2.24, 2.45) is 4.99 Å². The van der Waals surface area contributed by atoms with E-state index in [1.54, 1.807) is 37.3 Å². The monoisotopic (exact) mass is 297 g/mol. The summed E-state index contributed by atoms with van der Waals surface area (Å²) >= 11 is 0. The number of non-ortho nitro benzene ring substituents is 1. The number of fused-ring (bicyclic) bond motifs is 1. The zero-order valence-corrected chi connectivity index (χ0v) is 11.6. The van der Waals surface area contributed by atoms with E-state index >= 15 is 0 Å². The lowest BCUT2D eigenvalue weighted by atomic mass is 10.0. The van der Waals surface area contributed by atoms with Gasteiger partial charge in [-0.3, -0.25) is 10.1 Å². The Kier molecular flexibility index (Phi) is 3.30. The van der Waals surface area contributed by atoms with Gasteiger partial charge >= 0.3 is 0 Å². The van der Waals surface area contributed by atoms with Crippen molar-refractivity contribution in [1.82, 2.24) is 5.16 Å². The fourth-order valence-corrected chi connectivity index (χ4v) is 2.16. The zero-order valence-electron chi connectivity index (χ0n) is 11.6. The van der Waals surface area contributed by atoms with Crippen molar-refractivity contribution < 1.29 is 14.6 Å². The van der Waals surface area contributed by atoms with Crippen LogP contribution < -0.4 is 0 Å². The van der Waals surface area contributed by atoms with E-state index in [1.807, 2.05) is 0 Å². The summed E-state index contributed by atoms with van der Waals surface area (Å²) in [6.45, 7) is 1.73. The number of benzene rings is 2. The highest BCUT2D eigenvalue weighted by atomic mass is 16.6. The normalized spacial score (nSPS) is 11.3. The molecule has 0 atom stereocenters. The first kappa shape index (κ1) is 13.7. The number of nitro groups is 1. The summed E-state index contributed by atoms with van der Waals surface area (Å²) < 4.78 is 4.88. The third kappa shape index (κ3) is 2.39. The summed E-state index contributed by atoms with van der Waals surface area (Å²) in [6.07, 6.45) is 1.33. The number of phenols is 1. The summed E-state index contributed by atoms with van der Waals surface area (Å²) in [7, 11) is 0. The molecule has 0 radical (unpaired) electrons. The second-order valence-corrected chi connectivity index (χ2v) is 4.69. The number of nitrogens with zero attached hydrogens (tertiary/aromatic N) is 3. The van der Waals surface area contributed by atoms with Gasteiger partial charge in [-0.1, -0.05) is 23.4 Å². The van der Waals surface area contributed by atoms with Crippen molar-refractivity contribution in [1.29, 1.82) is 0 Å². The number of aromatic hydroxyl groups is 1. The highest BCUT2D eigenvalue weighted by Crippen LogP contribution is 2.35. The minimum absolute atomic E-state index is 0.0647. The number of aromatic nitrogens is 1. The first-order chi connectivity index (χ1) is 10.6. The number of aliphatic imine (C=N–C) groups is 1. The topological polar surface area (TPSA) is 102 Å². The van der Waals surface area contributed by atoms with Crippen LogP contribution in [-0.4, -0.2) is 21.4 Å². The molecule has 2 aromatic carbocycles. The molecule has 0 saturated carbocycles. The maximum Gasteiger partial charge on any atom is 0.278 e.